The van der Waals surface area contributed by atoms with Crippen LogP contribution in [0.1, 0.15) is 29.5 Å². The van der Waals surface area contributed by atoms with Gasteiger partial charge in [0.15, 0.2) is 5.84 Å². The van der Waals surface area contributed by atoms with Crippen molar-refractivity contribution in [3.8, 4) is 11.5 Å². The maximum atomic E-state index is 7.71. The summed E-state index contributed by atoms with van der Waals surface area (Å²) in [4.78, 5) is 0. The van der Waals surface area contributed by atoms with Crippen molar-refractivity contribution in [3.63, 3.8) is 0 Å². The van der Waals surface area contributed by atoms with Gasteiger partial charge in [-0.15, -0.1) is 5.11 Å². The van der Waals surface area contributed by atoms with E-state index < -0.39 is 0 Å². The lowest BCUT2D eigenvalue weighted by molar-refractivity contribution is 0.0813. The molecule has 2 aliphatic rings. The van der Waals surface area contributed by atoms with Crippen LogP contribution in [0, 0.1) is 10.9 Å². The third-order valence-electron chi connectivity index (χ3n) is 5.23. The normalized spacial score (nSPS) is 17.4. The number of benzene rings is 2. The largest absolute Gasteiger partial charge is 0.496 e. The molecule has 3 N–H and O–H groups in total. The van der Waals surface area contributed by atoms with Gasteiger partial charge >= 0.3 is 0 Å². The second-order valence-electron chi connectivity index (χ2n) is 6.85. The Balaban J connectivity index is 1.84. The summed E-state index contributed by atoms with van der Waals surface area (Å²) >= 11 is 0. The van der Waals surface area contributed by atoms with E-state index in [0.717, 1.165) is 54.1 Å². The minimum Gasteiger partial charge on any atom is -0.496 e. The lowest BCUT2D eigenvalue weighted by Crippen LogP contribution is -2.46. The molecule has 0 saturated carbocycles. The molecule has 0 aromatic heterocycles. The molecular weight excluding hydrogens is 340 g/mol. The zero-order chi connectivity index (χ0) is 18.9. The highest BCUT2D eigenvalue weighted by molar-refractivity contribution is 5.97. The zero-order valence-electron chi connectivity index (χ0n) is 15.2. The van der Waals surface area contributed by atoms with Crippen molar-refractivity contribution in [2.45, 2.75) is 18.4 Å². The Morgan fingerprint density at radius 2 is 1.89 bits per heavy atom. The molecule has 2 aromatic rings. The summed E-state index contributed by atoms with van der Waals surface area (Å²) in [5.74, 6) is 1.57. The molecule has 0 atom stereocenters. The van der Waals surface area contributed by atoms with Gasteiger partial charge in [-0.3, -0.25) is 5.41 Å². The number of amidine groups is 1. The van der Waals surface area contributed by atoms with Gasteiger partial charge in [-0.2, -0.15) is 0 Å². The van der Waals surface area contributed by atoms with Gasteiger partial charge in [0.25, 0.3) is 0 Å². The van der Waals surface area contributed by atoms with Crippen molar-refractivity contribution in [1.29, 1.82) is 10.9 Å². The Kier molecular flexibility index (Phi) is 4.49. The molecule has 0 unspecified atom stereocenters. The van der Waals surface area contributed by atoms with Crippen LogP contribution >= 0.6 is 0 Å². The van der Waals surface area contributed by atoms with E-state index in [2.05, 4.69) is 16.5 Å². The van der Waals surface area contributed by atoms with Crippen molar-refractivity contribution in [1.82, 2.24) is 5.32 Å². The van der Waals surface area contributed by atoms with Gasteiger partial charge in [-0.25, -0.2) is 5.53 Å². The van der Waals surface area contributed by atoms with Crippen LogP contribution in [0.25, 0.3) is 5.57 Å². The SMILES string of the molecule is COc1cccc2c1C(c1ccc(C(=N)N=N)cc1)=CC1(CCNCC1)O2. The number of piperidine rings is 1. The maximum absolute atomic E-state index is 7.71. The monoisotopic (exact) mass is 362 g/mol. The molecule has 0 bridgehead atoms. The number of hydrogen-bond donors (Lipinski definition) is 3. The minimum absolute atomic E-state index is 0.0460. The quantitative estimate of drug-likeness (QED) is 0.438. The van der Waals surface area contributed by atoms with Gasteiger partial charge in [-0.1, -0.05) is 30.3 Å². The first-order chi connectivity index (χ1) is 13.2. The summed E-state index contributed by atoms with van der Waals surface area (Å²) in [5.41, 5.74) is 10.4. The highest BCUT2D eigenvalue weighted by Crippen LogP contribution is 2.46. The summed E-state index contributed by atoms with van der Waals surface area (Å²) in [5, 5.41) is 14.3. The summed E-state index contributed by atoms with van der Waals surface area (Å²) in [6.07, 6.45) is 4.05. The van der Waals surface area contributed by atoms with Gasteiger partial charge in [0, 0.05) is 18.4 Å². The van der Waals surface area contributed by atoms with Crippen LogP contribution in [-0.2, 0) is 0 Å². The van der Waals surface area contributed by atoms with Crippen molar-refractivity contribution in [3.05, 3.63) is 65.2 Å². The van der Waals surface area contributed by atoms with Crippen LogP contribution in [0.15, 0.2) is 53.7 Å². The molecule has 4 rings (SSSR count). The summed E-state index contributed by atoms with van der Waals surface area (Å²) in [6.45, 7) is 1.84. The molecule has 2 heterocycles. The number of hydrogen-bond acceptors (Lipinski definition) is 5. The average molecular weight is 362 g/mol. The number of ether oxygens (including phenoxy) is 2. The minimum atomic E-state index is -0.318. The van der Waals surface area contributed by atoms with Gasteiger partial charge in [0.1, 0.15) is 17.1 Å². The first-order valence-electron chi connectivity index (χ1n) is 9.02. The van der Waals surface area contributed by atoms with E-state index in [0.29, 0.717) is 5.56 Å². The van der Waals surface area contributed by atoms with E-state index in [1.807, 2.05) is 42.5 Å². The van der Waals surface area contributed by atoms with E-state index in [4.69, 9.17) is 20.4 Å². The number of fused-ring (bicyclic) bond motifs is 1. The molecular formula is C21H22N4O2. The van der Waals surface area contributed by atoms with E-state index in [1.54, 1.807) is 7.11 Å². The van der Waals surface area contributed by atoms with E-state index in [9.17, 15) is 0 Å². The van der Waals surface area contributed by atoms with Crippen LogP contribution < -0.4 is 14.8 Å². The Hall–Kier alpha value is -2.99. The van der Waals surface area contributed by atoms with Crippen LogP contribution in [0.4, 0.5) is 0 Å². The molecule has 6 heteroatoms. The Bertz CT molecular complexity index is 912. The van der Waals surface area contributed by atoms with Gasteiger partial charge in [-0.05, 0) is 42.4 Å². The second-order valence-corrected chi connectivity index (χ2v) is 6.85. The summed E-state index contributed by atoms with van der Waals surface area (Å²) < 4.78 is 12.1. The molecule has 0 aliphatic carbocycles. The zero-order valence-corrected chi connectivity index (χ0v) is 15.2. The molecule has 0 radical (unpaired) electrons. The van der Waals surface area contributed by atoms with Gasteiger partial charge in [0.05, 0.1) is 12.7 Å². The number of nitrogens with one attached hydrogen (secondary N) is 3. The van der Waals surface area contributed by atoms with Crippen LogP contribution in [0.3, 0.4) is 0 Å². The van der Waals surface area contributed by atoms with Crippen molar-refractivity contribution in [2.75, 3.05) is 20.2 Å². The van der Waals surface area contributed by atoms with Crippen molar-refractivity contribution < 1.29 is 9.47 Å². The predicted molar refractivity (Wildman–Crippen MR) is 104 cm³/mol. The van der Waals surface area contributed by atoms with Gasteiger partial charge in [0.2, 0.25) is 0 Å². The smallest absolute Gasteiger partial charge is 0.173 e. The third kappa shape index (κ3) is 3.13. The molecule has 6 nitrogen and oxygen atoms in total. The topological polar surface area (TPSA) is 90.5 Å². The molecule has 2 aromatic carbocycles. The Labute approximate surface area is 158 Å². The molecule has 1 saturated heterocycles. The molecule has 138 valence electrons. The Morgan fingerprint density at radius 3 is 2.56 bits per heavy atom. The predicted octanol–water partition coefficient (Wildman–Crippen LogP) is 4.00. The van der Waals surface area contributed by atoms with Crippen LogP contribution in [0.2, 0.25) is 0 Å². The molecule has 1 spiro atoms. The molecule has 2 aliphatic heterocycles. The van der Waals surface area contributed by atoms with E-state index in [1.165, 1.54) is 0 Å². The number of nitrogens with zero attached hydrogens (tertiary/aromatic N) is 1. The number of rotatable bonds is 3. The summed E-state index contributed by atoms with van der Waals surface area (Å²) in [6, 6.07) is 13.5. The standard InChI is InChI=1S/C21H22N4O2/c1-26-17-3-2-4-18-19(17)16(13-21(27-18)9-11-24-12-10-21)14-5-7-15(8-6-14)20(22)25-23/h2-8,13,22-24H,9-12H2,1H3. The van der Waals surface area contributed by atoms with Crippen molar-refractivity contribution in [2.24, 2.45) is 5.11 Å². The highest BCUT2D eigenvalue weighted by Gasteiger charge is 2.38. The first-order valence-corrected chi connectivity index (χ1v) is 9.02. The van der Waals surface area contributed by atoms with Gasteiger partial charge < -0.3 is 14.8 Å². The summed E-state index contributed by atoms with van der Waals surface area (Å²) in [7, 11) is 1.67. The first kappa shape index (κ1) is 17.4. The molecule has 0 amide bonds. The average Bonchev–Trinajstić information content (AvgIpc) is 2.72. The lowest BCUT2D eigenvalue weighted by Gasteiger charge is -2.40. The highest BCUT2D eigenvalue weighted by atomic mass is 16.5. The maximum Gasteiger partial charge on any atom is 0.173 e. The number of methoxy groups -OCH3 is 1. The van der Waals surface area contributed by atoms with E-state index >= 15 is 0 Å². The van der Waals surface area contributed by atoms with E-state index in [-0.39, 0.29) is 11.4 Å². The lowest BCUT2D eigenvalue weighted by atomic mass is 9.83. The van der Waals surface area contributed by atoms with Crippen LogP contribution in [-0.4, -0.2) is 31.6 Å². The van der Waals surface area contributed by atoms with Crippen molar-refractivity contribution >= 4 is 11.4 Å². The molecule has 1 fully saturated rings. The molecule has 27 heavy (non-hydrogen) atoms. The third-order valence-corrected chi connectivity index (χ3v) is 5.23. The fourth-order valence-corrected chi connectivity index (χ4v) is 3.81. The fraction of sp³-hybridized carbons (Fsp3) is 0.286. The van der Waals surface area contributed by atoms with Crippen LogP contribution in [0.5, 0.6) is 11.5 Å². The second kappa shape index (κ2) is 6.96. The fourth-order valence-electron chi connectivity index (χ4n) is 3.81. The Morgan fingerprint density at radius 1 is 1.15 bits per heavy atom.